The van der Waals surface area contributed by atoms with Crippen LogP contribution in [-0.2, 0) is 4.74 Å². The van der Waals surface area contributed by atoms with Gasteiger partial charge in [-0.3, -0.25) is 9.88 Å². The molecular formula is C20H29N5O2. The van der Waals surface area contributed by atoms with Crippen LogP contribution in [0.1, 0.15) is 38.5 Å². The minimum absolute atomic E-state index is 0.140. The maximum Gasteiger partial charge on any atom is 0.231 e. The average Bonchev–Trinajstić information content (AvgIpc) is 3.20. The summed E-state index contributed by atoms with van der Waals surface area (Å²) in [6.07, 6.45) is 5.78. The minimum Gasteiger partial charge on any atom is -0.379 e. The lowest BCUT2D eigenvalue weighted by Gasteiger charge is -2.45. The van der Waals surface area contributed by atoms with Crippen LogP contribution in [0.3, 0.4) is 0 Å². The van der Waals surface area contributed by atoms with E-state index in [0.717, 1.165) is 70.2 Å². The Labute approximate surface area is 160 Å². The molecule has 27 heavy (non-hydrogen) atoms. The zero-order valence-electron chi connectivity index (χ0n) is 16.3. The predicted octanol–water partition coefficient (Wildman–Crippen LogP) is 2.42. The van der Waals surface area contributed by atoms with Gasteiger partial charge in [0, 0.05) is 49.7 Å². The van der Waals surface area contributed by atoms with E-state index in [2.05, 4.69) is 38.8 Å². The zero-order chi connectivity index (χ0) is 18.7. The number of hydrogen-bond acceptors (Lipinski definition) is 7. The number of pyridine rings is 1. The Bertz CT molecular complexity index is 727. The summed E-state index contributed by atoms with van der Waals surface area (Å²) in [4.78, 5) is 13.9. The van der Waals surface area contributed by atoms with Crippen molar-refractivity contribution in [3.63, 3.8) is 0 Å². The third-order valence-corrected chi connectivity index (χ3v) is 5.69. The van der Waals surface area contributed by atoms with Crippen molar-refractivity contribution in [2.45, 2.75) is 38.1 Å². The fraction of sp³-hybridized carbons (Fsp3) is 0.650. The summed E-state index contributed by atoms with van der Waals surface area (Å²) in [5, 5.41) is 4.17. The number of likely N-dealkylation sites (tertiary alicyclic amines) is 1. The first kappa shape index (κ1) is 18.5. The summed E-state index contributed by atoms with van der Waals surface area (Å²) < 4.78 is 11.1. The Morgan fingerprint density at radius 2 is 2.07 bits per heavy atom. The molecule has 7 nitrogen and oxygen atoms in total. The molecule has 0 bridgehead atoms. The van der Waals surface area contributed by atoms with Gasteiger partial charge in [-0.2, -0.15) is 4.98 Å². The molecule has 2 saturated heterocycles. The van der Waals surface area contributed by atoms with Crippen LogP contribution in [0.4, 0.5) is 0 Å². The van der Waals surface area contributed by atoms with Crippen molar-refractivity contribution in [2.24, 2.45) is 0 Å². The lowest BCUT2D eigenvalue weighted by molar-refractivity contribution is -0.0245. The second-order valence-corrected chi connectivity index (χ2v) is 8.18. The van der Waals surface area contributed by atoms with Gasteiger partial charge in [0.2, 0.25) is 11.7 Å². The summed E-state index contributed by atoms with van der Waals surface area (Å²) in [7, 11) is 0. The van der Waals surface area contributed by atoms with Gasteiger partial charge in [0.05, 0.1) is 19.1 Å². The van der Waals surface area contributed by atoms with E-state index in [4.69, 9.17) is 9.26 Å². The first-order chi connectivity index (χ1) is 13.1. The number of hydrogen-bond donors (Lipinski definition) is 0. The third-order valence-electron chi connectivity index (χ3n) is 5.69. The van der Waals surface area contributed by atoms with Crippen LogP contribution in [-0.4, -0.2) is 76.4 Å². The first-order valence-corrected chi connectivity index (χ1v) is 9.91. The van der Waals surface area contributed by atoms with E-state index in [9.17, 15) is 0 Å². The van der Waals surface area contributed by atoms with Crippen molar-refractivity contribution < 1.29 is 9.26 Å². The molecule has 7 heteroatoms. The van der Waals surface area contributed by atoms with E-state index in [1.807, 2.05) is 12.1 Å². The predicted molar refractivity (Wildman–Crippen MR) is 102 cm³/mol. The summed E-state index contributed by atoms with van der Waals surface area (Å²) in [5.74, 6) is 1.68. The lowest BCUT2D eigenvalue weighted by Crippen LogP contribution is -2.56. The maximum absolute atomic E-state index is 5.61. The number of ether oxygens (including phenoxy) is 1. The molecule has 0 aliphatic carbocycles. The monoisotopic (exact) mass is 371 g/mol. The first-order valence-electron chi connectivity index (χ1n) is 9.91. The molecule has 1 unspecified atom stereocenters. The maximum atomic E-state index is 5.61. The summed E-state index contributed by atoms with van der Waals surface area (Å²) in [6, 6.07) is 3.85. The van der Waals surface area contributed by atoms with Gasteiger partial charge in [0.1, 0.15) is 0 Å². The van der Waals surface area contributed by atoms with E-state index < -0.39 is 0 Å². The van der Waals surface area contributed by atoms with Crippen LogP contribution >= 0.6 is 0 Å². The van der Waals surface area contributed by atoms with Crippen LogP contribution in [0, 0.1) is 0 Å². The average molecular weight is 371 g/mol. The quantitative estimate of drug-likeness (QED) is 0.799. The van der Waals surface area contributed by atoms with Crippen molar-refractivity contribution in [1.29, 1.82) is 0 Å². The molecule has 2 fully saturated rings. The molecule has 146 valence electrons. The Morgan fingerprint density at radius 3 is 2.85 bits per heavy atom. The van der Waals surface area contributed by atoms with Crippen molar-refractivity contribution in [3.05, 3.63) is 30.4 Å². The van der Waals surface area contributed by atoms with Crippen molar-refractivity contribution in [2.75, 3.05) is 45.9 Å². The molecule has 0 amide bonds. The van der Waals surface area contributed by atoms with Crippen molar-refractivity contribution in [3.8, 4) is 11.4 Å². The second-order valence-electron chi connectivity index (χ2n) is 8.18. The highest BCUT2D eigenvalue weighted by Gasteiger charge is 2.33. The number of nitrogens with zero attached hydrogens (tertiary/aromatic N) is 5. The largest absolute Gasteiger partial charge is 0.379 e. The van der Waals surface area contributed by atoms with E-state index in [0.29, 0.717) is 11.7 Å². The van der Waals surface area contributed by atoms with Crippen LogP contribution in [0.25, 0.3) is 11.4 Å². The highest BCUT2D eigenvalue weighted by Crippen LogP contribution is 2.29. The zero-order valence-corrected chi connectivity index (χ0v) is 16.3. The van der Waals surface area contributed by atoms with E-state index >= 15 is 0 Å². The molecule has 2 aromatic rings. The topological polar surface area (TPSA) is 67.5 Å². The normalized spacial score (nSPS) is 22.8. The van der Waals surface area contributed by atoms with E-state index in [1.165, 1.54) is 0 Å². The lowest BCUT2D eigenvalue weighted by atomic mass is 9.94. The highest BCUT2D eigenvalue weighted by atomic mass is 16.5. The summed E-state index contributed by atoms with van der Waals surface area (Å²) in [6.45, 7) is 11.6. The van der Waals surface area contributed by atoms with Crippen molar-refractivity contribution in [1.82, 2.24) is 24.9 Å². The van der Waals surface area contributed by atoms with E-state index in [1.54, 1.807) is 12.4 Å². The molecule has 2 aliphatic heterocycles. The Balaban J connectivity index is 1.40. The van der Waals surface area contributed by atoms with Gasteiger partial charge in [-0.15, -0.1) is 0 Å². The fourth-order valence-electron chi connectivity index (χ4n) is 4.23. The SMILES string of the molecule is CC(C)(CN1CCCC(c2nc(-c3cccnc3)no2)C1)N1CCOCC1. The fourth-order valence-corrected chi connectivity index (χ4v) is 4.23. The molecule has 1 atom stereocenters. The molecular weight excluding hydrogens is 342 g/mol. The van der Waals surface area contributed by atoms with Gasteiger partial charge in [0.15, 0.2) is 0 Å². The van der Waals surface area contributed by atoms with Gasteiger partial charge in [0.25, 0.3) is 0 Å². The van der Waals surface area contributed by atoms with E-state index in [-0.39, 0.29) is 5.54 Å². The van der Waals surface area contributed by atoms with Gasteiger partial charge in [-0.25, -0.2) is 0 Å². The van der Waals surface area contributed by atoms with Crippen LogP contribution in [0.2, 0.25) is 0 Å². The number of aromatic nitrogens is 3. The molecule has 4 rings (SSSR count). The Hall–Kier alpha value is -1.83. The molecule has 4 heterocycles. The molecule has 0 radical (unpaired) electrons. The smallest absolute Gasteiger partial charge is 0.231 e. The number of piperidine rings is 1. The standard InChI is InChI=1S/C20H29N5O2/c1-20(2,25-9-11-26-12-10-25)15-24-8-4-6-17(14-24)19-22-18(23-27-19)16-5-3-7-21-13-16/h3,5,7,13,17H,4,6,8-12,14-15H2,1-2H3. The third kappa shape index (κ3) is 4.36. The van der Waals surface area contributed by atoms with Crippen LogP contribution < -0.4 is 0 Å². The van der Waals surface area contributed by atoms with Crippen LogP contribution in [0.5, 0.6) is 0 Å². The molecule has 0 saturated carbocycles. The molecule has 2 aliphatic rings. The van der Waals surface area contributed by atoms with Crippen LogP contribution in [0.15, 0.2) is 29.0 Å². The van der Waals surface area contributed by atoms with Gasteiger partial charge >= 0.3 is 0 Å². The summed E-state index contributed by atoms with van der Waals surface area (Å²) in [5.41, 5.74) is 1.04. The number of rotatable bonds is 5. The molecule has 0 spiro atoms. The highest BCUT2D eigenvalue weighted by molar-refractivity contribution is 5.51. The Kier molecular flexibility index (Phi) is 5.52. The van der Waals surface area contributed by atoms with Gasteiger partial charge in [-0.05, 0) is 45.4 Å². The van der Waals surface area contributed by atoms with Gasteiger partial charge in [-0.1, -0.05) is 5.16 Å². The Morgan fingerprint density at radius 1 is 1.22 bits per heavy atom. The summed E-state index contributed by atoms with van der Waals surface area (Å²) >= 11 is 0. The molecule has 0 N–H and O–H groups in total. The number of morpholine rings is 1. The minimum atomic E-state index is 0.140. The second kappa shape index (κ2) is 8.04. The molecule has 0 aromatic carbocycles. The van der Waals surface area contributed by atoms with Gasteiger partial charge < -0.3 is 14.2 Å². The molecule has 2 aromatic heterocycles. The van der Waals surface area contributed by atoms with Crippen molar-refractivity contribution >= 4 is 0 Å².